The normalized spacial score (nSPS) is 10.8. The Morgan fingerprint density at radius 2 is 1.76 bits per heavy atom. The largest absolute Gasteiger partial charge is 0.366 e. The molecule has 0 atom stereocenters. The molecule has 5 heteroatoms. The number of aryl methyl sites for hydroxylation is 1. The van der Waals surface area contributed by atoms with Gasteiger partial charge in [-0.3, -0.25) is 4.79 Å². The number of carbonyl (C=O) groups is 1. The molecule has 2 aromatic carbocycles. The first kappa shape index (κ1) is 17.2. The first-order valence-corrected chi connectivity index (χ1v) is 8.34. The van der Waals surface area contributed by atoms with Crippen molar-refractivity contribution in [1.29, 1.82) is 0 Å². The summed E-state index contributed by atoms with van der Waals surface area (Å²) in [6.07, 6.45) is 0.717. The predicted octanol–water partition coefficient (Wildman–Crippen LogP) is 4.60. The van der Waals surface area contributed by atoms with Crippen LogP contribution in [0, 0.1) is 12.7 Å². The maximum atomic E-state index is 13.1. The summed E-state index contributed by atoms with van der Waals surface area (Å²) in [5.41, 5.74) is 9.72. The Morgan fingerprint density at radius 1 is 1.12 bits per heavy atom. The van der Waals surface area contributed by atoms with Gasteiger partial charge in [-0.25, -0.2) is 4.39 Å². The maximum absolute atomic E-state index is 13.1. The molecule has 0 saturated heterocycles. The smallest absolute Gasteiger partial charge is 0.250 e. The number of carbonyl (C=O) groups excluding carboxylic acids is 1. The average molecular weight is 357 g/mol. The van der Waals surface area contributed by atoms with Crippen LogP contribution in [0.15, 0.2) is 54.6 Å². The number of nitrogens with two attached hydrogens (primary N) is 1. The van der Waals surface area contributed by atoms with Crippen LogP contribution in [0.5, 0.6) is 0 Å². The van der Waals surface area contributed by atoms with Gasteiger partial charge >= 0.3 is 0 Å². The first-order valence-electron chi connectivity index (χ1n) is 7.96. The minimum absolute atomic E-state index is 0.251. The molecule has 3 rings (SSSR count). The van der Waals surface area contributed by atoms with Gasteiger partial charge in [-0.15, -0.1) is 0 Å². The zero-order chi connectivity index (χ0) is 18.0. The predicted molar refractivity (Wildman–Crippen MR) is 98.2 cm³/mol. The van der Waals surface area contributed by atoms with Gasteiger partial charge in [-0.05, 0) is 54.8 Å². The lowest BCUT2D eigenvalue weighted by Crippen LogP contribution is -2.13. The zero-order valence-corrected chi connectivity index (χ0v) is 14.6. The van der Waals surface area contributed by atoms with E-state index in [1.165, 1.54) is 12.1 Å². The number of benzene rings is 2. The third kappa shape index (κ3) is 3.74. The molecule has 0 fully saturated rings. The van der Waals surface area contributed by atoms with Crippen molar-refractivity contribution in [3.8, 4) is 11.3 Å². The number of amides is 1. The van der Waals surface area contributed by atoms with Crippen molar-refractivity contribution in [2.24, 2.45) is 5.73 Å². The molecular weight excluding hydrogens is 339 g/mol. The molecule has 3 nitrogen and oxygen atoms in total. The van der Waals surface area contributed by atoms with Crippen molar-refractivity contribution in [3.63, 3.8) is 0 Å². The van der Waals surface area contributed by atoms with Gasteiger partial charge in [0, 0.05) is 23.0 Å². The molecule has 0 aliphatic rings. The van der Waals surface area contributed by atoms with Crippen molar-refractivity contribution < 1.29 is 9.18 Å². The van der Waals surface area contributed by atoms with E-state index in [1.54, 1.807) is 12.1 Å². The van der Waals surface area contributed by atoms with E-state index in [4.69, 9.17) is 17.3 Å². The van der Waals surface area contributed by atoms with E-state index in [1.807, 2.05) is 37.3 Å². The van der Waals surface area contributed by atoms with Crippen molar-refractivity contribution in [3.05, 3.63) is 82.3 Å². The molecule has 1 aromatic heterocycles. The number of halogens is 2. The maximum Gasteiger partial charge on any atom is 0.250 e. The van der Waals surface area contributed by atoms with Crippen LogP contribution in [0.4, 0.5) is 4.39 Å². The SMILES string of the molecule is Cc1c(C(N)=O)cc(-c2ccc(Cl)cc2)n1CCc1ccc(F)cc1. The summed E-state index contributed by atoms with van der Waals surface area (Å²) < 4.78 is 15.1. The van der Waals surface area contributed by atoms with E-state index in [0.29, 0.717) is 23.6 Å². The lowest BCUT2D eigenvalue weighted by Gasteiger charge is -2.12. The van der Waals surface area contributed by atoms with Crippen LogP contribution >= 0.6 is 11.6 Å². The Hall–Kier alpha value is -2.59. The third-order valence-electron chi connectivity index (χ3n) is 4.31. The molecule has 128 valence electrons. The molecule has 1 heterocycles. The van der Waals surface area contributed by atoms with Crippen LogP contribution in [0.3, 0.4) is 0 Å². The van der Waals surface area contributed by atoms with Gasteiger partial charge in [-0.2, -0.15) is 0 Å². The first-order chi connectivity index (χ1) is 12.0. The van der Waals surface area contributed by atoms with Gasteiger partial charge in [0.15, 0.2) is 0 Å². The highest BCUT2D eigenvalue weighted by molar-refractivity contribution is 6.30. The van der Waals surface area contributed by atoms with E-state index >= 15 is 0 Å². The molecule has 0 saturated carbocycles. The second-order valence-corrected chi connectivity index (χ2v) is 6.36. The minimum Gasteiger partial charge on any atom is -0.366 e. The van der Waals surface area contributed by atoms with E-state index in [9.17, 15) is 9.18 Å². The summed E-state index contributed by atoms with van der Waals surface area (Å²) in [6, 6.07) is 15.7. The molecule has 0 radical (unpaired) electrons. The Labute approximate surface area is 150 Å². The van der Waals surface area contributed by atoms with Crippen LogP contribution in [0.2, 0.25) is 5.02 Å². The minimum atomic E-state index is -0.451. The number of nitrogens with zero attached hydrogens (tertiary/aromatic N) is 1. The molecule has 3 aromatic rings. The monoisotopic (exact) mass is 356 g/mol. The summed E-state index contributed by atoms with van der Waals surface area (Å²) in [5.74, 6) is -0.702. The lowest BCUT2D eigenvalue weighted by molar-refractivity contribution is 0.0999. The summed E-state index contributed by atoms with van der Waals surface area (Å²) in [6.45, 7) is 2.53. The van der Waals surface area contributed by atoms with Crippen LogP contribution in [-0.4, -0.2) is 10.5 Å². The van der Waals surface area contributed by atoms with Crippen LogP contribution in [-0.2, 0) is 13.0 Å². The van der Waals surface area contributed by atoms with Crippen molar-refractivity contribution in [2.75, 3.05) is 0 Å². The fourth-order valence-electron chi connectivity index (χ4n) is 2.93. The highest BCUT2D eigenvalue weighted by Gasteiger charge is 2.16. The number of hydrogen-bond donors (Lipinski definition) is 1. The molecule has 0 unspecified atom stereocenters. The number of aromatic nitrogens is 1. The number of hydrogen-bond acceptors (Lipinski definition) is 1. The van der Waals surface area contributed by atoms with Crippen LogP contribution < -0.4 is 5.73 Å². The Bertz CT molecular complexity index is 899. The number of primary amides is 1. The van der Waals surface area contributed by atoms with Gasteiger partial charge in [0.25, 0.3) is 5.91 Å². The van der Waals surface area contributed by atoms with Crippen molar-refractivity contribution in [2.45, 2.75) is 19.9 Å². The summed E-state index contributed by atoms with van der Waals surface area (Å²) in [5, 5.41) is 0.653. The van der Waals surface area contributed by atoms with E-state index < -0.39 is 5.91 Å². The standard InChI is InChI=1S/C20H18ClFN2O/c1-13-18(20(23)25)12-19(15-4-6-16(21)7-5-15)24(13)11-10-14-2-8-17(22)9-3-14/h2-9,12H,10-11H2,1H3,(H2,23,25). The van der Waals surface area contributed by atoms with E-state index in [2.05, 4.69) is 4.57 Å². The molecule has 0 bridgehead atoms. The zero-order valence-electron chi connectivity index (χ0n) is 13.8. The van der Waals surface area contributed by atoms with Crippen LogP contribution in [0.1, 0.15) is 21.6 Å². The molecule has 2 N–H and O–H groups in total. The molecule has 1 amide bonds. The quantitative estimate of drug-likeness (QED) is 0.713. The fraction of sp³-hybridized carbons (Fsp3) is 0.150. The molecule has 0 aliphatic carbocycles. The van der Waals surface area contributed by atoms with Gasteiger partial charge < -0.3 is 10.3 Å². The van der Waals surface area contributed by atoms with Gasteiger partial charge in [0.1, 0.15) is 5.82 Å². The molecule has 0 aliphatic heterocycles. The summed E-state index contributed by atoms with van der Waals surface area (Å²) in [7, 11) is 0. The van der Waals surface area contributed by atoms with E-state index in [-0.39, 0.29) is 5.82 Å². The Kier molecular flexibility index (Phi) is 4.91. The average Bonchev–Trinajstić information content (AvgIpc) is 2.92. The fourth-order valence-corrected chi connectivity index (χ4v) is 3.06. The van der Waals surface area contributed by atoms with Crippen molar-refractivity contribution in [1.82, 2.24) is 4.57 Å². The van der Waals surface area contributed by atoms with Gasteiger partial charge in [0.05, 0.1) is 5.56 Å². The molecule has 0 spiro atoms. The third-order valence-corrected chi connectivity index (χ3v) is 4.56. The highest BCUT2D eigenvalue weighted by atomic mass is 35.5. The summed E-state index contributed by atoms with van der Waals surface area (Å²) in [4.78, 5) is 11.7. The Morgan fingerprint density at radius 3 is 2.36 bits per heavy atom. The number of rotatable bonds is 5. The van der Waals surface area contributed by atoms with Crippen molar-refractivity contribution >= 4 is 17.5 Å². The lowest BCUT2D eigenvalue weighted by atomic mass is 10.1. The van der Waals surface area contributed by atoms with Crippen LogP contribution in [0.25, 0.3) is 11.3 Å². The highest BCUT2D eigenvalue weighted by Crippen LogP contribution is 2.27. The van der Waals surface area contributed by atoms with Gasteiger partial charge in [0.2, 0.25) is 0 Å². The Balaban J connectivity index is 1.96. The molecular formula is C20H18ClFN2O. The second kappa shape index (κ2) is 7.11. The topological polar surface area (TPSA) is 48.0 Å². The summed E-state index contributed by atoms with van der Waals surface area (Å²) >= 11 is 5.97. The van der Waals surface area contributed by atoms with Gasteiger partial charge in [-0.1, -0.05) is 35.9 Å². The molecule has 25 heavy (non-hydrogen) atoms. The van der Waals surface area contributed by atoms with E-state index in [0.717, 1.165) is 22.5 Å². The second-order valence-electron chi connectivity index (χ2n) is 5.93.